The number of fused-ring (bicyclic) bond motifs is 2. The number of piperazine rings is 1. The van der Waals surface area contributed by atoms with Crippen molar-refractivity contribution in [1.29, 1.82) is 0 Å². The number of rotatable bonds is 5. The minimum atomic E-state index is 0.0308. The summed E-state index contributed by atoms with van der Waals surface area (Å²) in [5.41, 5.74) is 0.582. The fourth-order valence-electron chi connectivity index (χ4n) is 4.80. The van der Waals surface area contributed by atoms with Gasteiger partial charge in [0.25, 0.3) is 5.91 Å². The van der Waals surface area contributed by atoms with Gasteiger partial charge in [-0.05, 0) is 42.7 Å². The van der Waals surface area contributed by atoms with Crippen molar-refractivity contribution in [2.24, 2.45) is 17.8 Å². The molecule has 3 atom stereocenters. The van der Waals surface area contributed by atoms with Crippen LogP contribution in [0.1, 0.15) is 23.2 Å². The second-order valence-electron chi connectivity index (χ2n) is 7.67. The molecule has 1 aliphatic heterocycles. The Morgan fingerprint density at radius 1 is 1.08 bits per heavy atom. The highest BCUT2D eigenvalue weighted by Gasteiger charge is 2.37. The summed E-state index contributed by atoms with van der Waals surface area (Å²) in [6.45, 7) is 4.63. The Bertz CT molecular complexity index is 694. The van der Waals surface area contributed by atoms with E-state index in [0.29, 0.717) is 17.1 Å². The average molecular weight is 356 g/mol. The van der Waals surface area contributed by atoms with Gasteiger partial charge >= 0.3 is 0 Å². The van der Waals surface area contributed by atoms with E-state index >= 15 is 0 Å². The molecule has 1 saturated heterocycles. The van der Waals surface area contributed by atoms with Gasteiger partial charge in [0.05, 0.1) is 19.8 Å². The lowest BCUT2D eigenvalue weighted by molar-refractivity contribution is 0.0606. The smallest absolute Gasteiger partial charge is 0.257 e. The number of methoxy groups -OCH3 is 2. The van der Waals surface area contributed by atoms with Crippen molar-refractivity contribution in [3.8, 4) is 11.5 Å². The van der Waals surface area contributed by atoms with Crippen LogP contribution in [0.3, 0.4) is 0 Å². The molecule has 0 spiro atoms. The predicted molar refractivity (Wildman–Crippen MR) is 101 cm³/mol. The van der Waals surface area contributed by atoms with Crippen molar-refractivity contribution in [2.45, 2.75) is 12.8 Å². The molecule has 3 aliphatic rings. The highest BCUT2D eigenvalue weighted by atomic mass is 16.5. The van der Waals surface area contributed by atoms with Crippen LogP contribution >= 0.6 is 0 Å². The van der Waals surface area contributed by atoms with Crippen LogP contribution in [0.15, 0.2) is 30.4 Å². The first-order chi connectivity index (χ1) is 12.7. The molecule has 0 unspecified atom stereocenters. The SMILES string of the molecule is COc1cccc(C(=O)N2CCN(C[C@@H]3C[C@H]4C=C[C@H]3C4)CC2)c1OC. The van der Waals surface area contributed by atoms with E-state index in [9.17, 15) is 4.79 Å². The normalized spacial score (nSPS) is 27.8. The number of carbonyl (C=O) groups excluding carboxylic acids is 1. The van der Waals surface area contributed by atoms with Crippen LogP contribution in [-0.4, -0.2) is 62.7 Å². The van der Waals surface area contributed by atoms with Crippen LogP contribution < -0.4 is 9.47 Å². The zero-order valence-electron chi connectivity index (χ0n) is 15.7. The maximum atomic E-state index is 13.0. The highest BCUT2D eigenvalue weighted by molar-refractivity contribution is 5.97. The molecular weight excluding hydrogens is 328 g/mol. The maximum absolute atomic E-state index is 13.0. The second kappa shape index (κ2) is 7.31. The summed E-state index contributed by atoms with van der Waals surface area (Å²) in [4.78, 5) is 17.4. The number of benzene rings is 1. The molecule has 26 heavy (non-hydrogen) atoms. The van der Waals surface area contributed by atoms with Crippen molar-refractivity contribution in [3.05, 3.63) is 35.9 Å². The van der Waals surface area contributed by atoms with Gasteiger partial charge in [-0.1, -0.05) is 18.2 Å². The summed E-state index contributed by atoms with van der Waals surface area (Å²) in [6.07, 6.45) is 7.53. The van der Waals surface area contributed by atoms with Crippen molar-refractivity contribution in [1.82, 2.24) is 9.80 Å². The first-order valence-corrected chi connectivity index (χ1v) is 9.60. The lowest BCUT2D eigenvalue weighted by atomic mass is 9.93. The summed E-state index contributed by atoms with van der Waals surface area (Å²) in [5, 5.41) is 0. The van der Waals surface area contributed by atoms with E-state index in [1.54, 1.807) is 14.2 Å². The number of para-hydroxylation sites is 1. The molecule has 1 heterocycles. The zero-order valence-corrected chi connectivity index (χ0v) is 15.7. The third-order valence-corrected chi connectivity index (χ3v) is 6.20. The fraction of sp³-hybridized carbons (Fsp3) is 0.571. The highest BCUT2D eigenvalue weighted by Crippen LogP contribution is 2.43. The first kappa shape index (κ1) is 17.4. The number of hydrogen-bond donors (Lipinski definition) is 0. The molecular formula is C21H28N2O3. The lowest BCUT2D eigenvalue weighted by Gasteiger charge is -2.37. The van der Waals surface area contributed by atoms with E-state index in [-0.39, 0.29) is 5.91 Å². The van der Waals surface area contributed by atoms with Gasteiger partial charge in [-0.3, -0.25) is 9.69 Å². The summed E-state index contributed by atoms with van der Waals surface area (Å²) >= 11 is 0. The van der Waals surface area contributed by atoms with E-state index in [2.05, 4.69) is 17.1 Å². The summed E-state index contributed by atoms with van der Waals surface area (Å²) in [5.74, 6) is 3.58. The molecule has 5 heteroatoms. The molecule has 0 radical (unpaired) electrons. The van der Waals surface area contributed by atoms with Crippen LogP contribution in [0.5, 0.6) is 11.5 Å². The Hall–Kier alpha value is -2.01. The molecule has 0 N–H and O–H groups in total. The van der Waals surface area contributed by atoms with E-state index < -0.39 is 0 Å². The largest absolute Gasteiger partial charge is 0.493 e. The topological polar surface area (TPSA) is 42.0 Å². The molecule has 5 nitrogen and oxygen atoms in total. The Morgan fingerprint density at radius 3 is 2.50 bits per heavy atom. The van der Waals surface area contributed by atoms with Gasteiger partial charge in [0.1, 0.15) is 0 Å². The van der Waals surface area contributed by atoms with Crippen LogP contribution in [0, 0.1) is 17.8 Å². The van der Waals surface area contributed by atoms with E-state index in [1.165, 1.54) is 19.4 Å². The molecule has 1 aromatic rings. The zero-order chi connectivity index (χ0) is 18.1. The number of nitrogens with zero attached hydrogens (tertiary/aromatic N) is 2. The Kier molecular flexibility index (Phi) is 4.90. The monoisotopic (exact) mass is 356 g/mol. The van der Waals surface area contributed by atoms with E-state index in [4.69, 9.17) is 9.47 Å². The Labute approximate surface area is 155 Å². The van der Waals surface area contributed by atoms with Crippen molar-refractivity contribution in [2.75, 3.05) is 46.9 Å². The van der Waals surface area contributed by atoms with Crippen LogP contribution in [0.25, 0.3) is 0 Å². The summed E-state index contributed by atoms with van der Waals surface area (Å²) in [7, 11) is 3.17. The van der Waals surface area contributed by atoms with E-state index in [0.717, 1.165) is 43.9 Å². The minimum absolute atomic E-state index is 0.0308. The van der Waals surface area contributed by atoms with Crippen molar-refractivity contribution >= 4 is 5.91 Å². The lowest BCUT2D eigenvalue weighted by Crippen LogP contribution is -2.50. The van der Waals surface area contributed by atoms with Crippen LogP contribution in [0.4, 0.5) is 0 Å². The molecule has 1 amide bonds. The minimum Gasteiger partial charge on any atom is -0.493 e. The number of amides is 1. The molecule has 2 aliphatic carbocycles. The molecule has 4 rings (SSSR count). The standard InChI is InChI=1S/C21H28N2O3/c1-25-19-5-3-4-18(20(19)26-2)21(24)23-10-8-22(9-11-23)14-17-13-15-6-7-16(17)12-15/h3-7,15-17H,8-14H2,1-2H3/t15-,16-,17-/m0/s1. The van der Waals surface area contributed by atoms with Gasteiger partial charge in [-0.15, -0.1) is 0 Å². The van der Waals surface area contributed by atoms with Gasteiger partial charge in [0, 0.05) is 32.7 Å². The molecule has 0 aromatic heterocycles. The first-order valence-electron chi connectivity index (χ1n) is 9.60. The number of ether oxygens (including phenoxy) is 2. The van der Waals surface area contributed by atoms with Crippen LogP contribution in [0.2, 0.25) is 0 Å². The molecule has 140 valence electrons. The van der Waals surface area contributed by atoms with Crippen LogP contribution in [-0.2, 0) is 0 Å². The van der Waals surface area contributed by atoms with Crippen molar-refractivity contribution in [3.63, 3.8) is 0 Å². The molecule has 1 aromatic carbocycles. The average Bonchev–Trinajstić information content (AvgIpc) is 3.30. The Balaban J connectivity index is 1.36. The summed E-state index contributed by atoms with van der Waals surface area (Å²) in [6, 6.07) is 5.47. The van der Waals surface area contributed by atoms with Gasteiger partial charge in [-0.2, -0.15) is 0 Å². The fourth-order valence-corrected chi connectivity index (χ4v) is 4.80. The summed E-state index contributed by atoms with van der Waals surface area (Å²) < 4.78 is 10.7. The third-order valence-electron chi connectivity index (χ3n) is 6.20. The van der Waals surface area contributed by atoms with E-state index in [1.807, 2.05) is 23.1 Å². The quantitative estimate of drug-likeness (QED) is 0.761. The van der Waals surface area contributed by atoms with Gasteiger partial charge < -0.3 is 14.4 Å². The third kappa shape index (κ3) is 3.20. The Morgan fingerprint density at radius 2 is 1.88 bits per heavy atom. The maximum Gasteiger partial charge on any atom is 0.257 e. The molecule has 1 saturated carbocycles. The molecule has 2 bridgehead atoms. The van der Waals surface area contributed by atoms with Gasteiger partial charge in [0.15, 0.2) is 11.5 Å². The van der Waals surface area contributed by atoms with Gasteiger partial charge in [0.2, 0.25) is 0 Å². The number of allylic oxidation sites excluding steroid dienone is 2. The number of carbonyl (C=O) groups is 1. The van der Waals surface area contributed by atoms with Crippen molar-refractivity contribution < 1.29 is 14.3 Å². The van der Waals surface area contributed by atoms with Gasteiger partial charge in [-0.25, -0.2) is 0 Å². The predicted octanol–water partition coefficient (Wildman–Crippen LogP) is 2.67. The second-order valence-corrected chi connectivity index (χ2v) is 7.67. The molecule has 2 fully saturated rings. The number of hydrogen-bond acceptors (Lipinski definition) is 4.